The number of carboxylic acid groups (broad SMARTS) is 2. The molecule has 0 spiro atoms. The van der Waals surface area contributed by atoms with Crippen molar-refractivity contribution in [1.29, 1.82) is 0 Å². The Morgan fingerprint density at radius 2 is 1.71 bits per heavy atom. The molecule has 24 heavy (non-hydrogen) atoms. The van der Waals surface area contributed by atoms with Gasteiger partial charge in [-0.3, -0.25) is 10.0 Å². The highest BCUT2D eigenvalue weighted by atomic mass is 16.5. The summed E-state index contributed by atoms with van der Waals surface area (Å²) in [5.41, 5.74) is 1.79. The standard InChI is InChI=1S/C16H13NO7/c18-13(17-23)8-24-12-6-2-5-11(14(12)16(21)22)9-3-1-4-10(7-9)15(19)20/h1-7,23H,8H2,(H,17,18)(H,19,20)(H,21,22). The lowest BCUT2D eigenvalue weighted by Gasteiger charge is -2.13. The number of hydrogen-bond acceptors (Lipinski definition) is 5. The highest BCUT2D eigenvalue weighted by Gasteiger charge is 2.19. The van der Waals surface area contributed by atoms with Crippen molar-refractivity contribution in [2.75, 3.05) is 6.61 Å². The molecule has 0 atom stereocenters. The van der Waals surface area contributed by atoms with Gasteiger partial charge in [0.05, 0.1) is 5.56 Å². The summed E-state index contributed by atoms with van der Waals surface area (Å²) in [6.07, 6.45) is 0. The molecule has 4 N–H and O–H groups in total. The van der Waals surface area contributed by atoms with E-state index < -0.39 is 24.5 Å². The Morgan fingerprint density at radius 1 is 1.00 bits per heavy atom. The Balaban J connectivity index is 2.50. The number of carboxylic acids is 2. The van der Waals surface area contributed by atoms with Gasteiger partial charge in [0, 0.05) is 0 Å². The average molecular weight is 331 g/mol. The third kappa shape index (κ3) is 3.68. The molecule has 2 aromatic carbocycles. The normalized spacial score (nSPS) is 10.0. The number of carbonyl (C=O) groups excluding carboxylic acids is 1. The van der Waals surface area contributed by atoms with Crippen LogP contribution in [-0.4, -0.2) is 39.9 Å². The first-order valence-corrected chi connectivity index (χ1v) is 6.69. The molecule has 8 heteroatoms. The van der Waals surface area contributed by atoms with Crippen molar-refractivity contribution in [3.8, 4) is 16.9 Å². The summed E-state index contributed by atoms with van der Waals surface area (Å²) in [6, 6.07) is 10.2. The van der Waals surface area contributed by atoms with Gasteiger partial charge in [0.2, 0.25) is 0 Å². The number of aromatic carboxylic acids is 2. The Kier molecular flexibility index (Phi) is 5.13. The molecule has 2 aromatic rings. The Bertz CT molecular complexity index is 801. The SMILES string of the molecule is O=C(COc1cccc(-c2cccc(C(=O)O)c2)c1C(=O)O)NO. The molecule has 2 rings (SSSR count). The van der Waals surface area contributed by atoms with E-state index >= 15 is 0 Å². The lowest BCUT2D eigenvalue weighted by atomic mass is 9.97. The molecule has 0 saturated heterocycles. The number of hydrogen-bond donors (Lipinski definition) is 4. The van der Waals surface area contributed by atoms with Crippen LogP contribution in [0.1, 0.15) is 20.7 Å². The maximum absolute atomic E-state index is 11.6. The molecule has 0 saturated carbocycles. The zero-order valence-electron chi connectivity index (χ0n) is 12.2. The molecule has 0 bridgehead atoms. The molecule has 0 aromatic heterocycles. The minimum absolute atomic E-state index is 0.00909. The van der Waals surface area contributed by atoms with Gasteiger partial charge in [-0.2, -0.15) is 0 Å². The van der Waals surface area contributed by atoms with Gasteiger partial charge < -0.3 is 14.9 Å². The van der Waals surface area contributed by atoms with Crippen molar-refractivity contribution in [2.45, 2.75) is 0 Å². The molecule has 1 amide bonds. The summed E-state index contributed by atoms with van der Waals surface area (Å²) in [6.45, 7) is -0.574. The van der Waals surface area contributed by atoms with E-state index in [0.29, 0.717) is 5.56 Å². The van der Waals surface area contributed by atoms with E-state index in [2.05, 4.69) is 0 Å². The number of nitrogens with one attached hydrogen (secondary N) is 1. The number of amides is 1. The van der Waals surface area contributed by atoms with Crippen molar-refractivity contribution >= 4 is 17.8 Å². The minimum Gasteiger partial charge on any atom is -0.483 e. The van der Waals surface area contributed by atoms with Gasteiger partial charge in [-0.1, -0.05) is 24.3 Å². The molecule has 124 valence electrons. The fraction of sp³-hybridized carbons (Fsp3) is 0.0625. The smallest absolute Gasteiger partial charge is 0.340 e. The van der Waals surface area contributed by atoms with Gasteiger partial charge >= 0.3 is 11.9 Å². The van der Waals surface area contributed by atoms with Crippen molar-refractivity contribution < 1.29 is 34.5 Å². The molecule has 8 nitrogen and oxygen atoms in total. The number of rotatable bonds is 6. The van der Waals surface area contributed by atoms with Crippen molar-refractivity contribution in [3.63, 3.8) is 0 Å². The van der Waals surface area contributed by atoms with Gasteiger partial charge in [0.25, 0.3) is 5.91 Å². The van der Waals surface area contributed by atoms with Gasteiger partial charge in [0.1, 0.15) is 11.3 Å². The molecule has 0 heterocycles. The monoisotopic (exact) mass is 331 g/mol. The van der Waals surface area contributed by atoms with E-state index in [9.17, 15) is 19.5 Å². The molecule has 0 aliphatic heterocycles. The molecular formula is C16H13NO7. The predicted molar refractivity (Wildman–Crippen MR) is 81.2 cm³/mol. The highest BCUT2D eigenvalue weighted by Crippen LogP contribution is 2.31. The van der Waals surface area contributed by atoms with Crippen LogP contribution in [-0.2, 0) is 4.79 Å². The minimum atomic E-state index is -1.30. The van der Waals surface area contributed by atoms with E-state index in [4.69, 9.17) is 15.1 Å². The van der Waals surface area contributed by atoms with Crippen LogP contribution in [0.3, 0.4) is 0 Å². The van der Waals surface area contributed by atoms with Crippen molar-refractivity contribution in [1.82, 2.24) is 5.48 Å². The van der Waals surface area contributed by atoms with Gasteiger partial charge in [-0.05, 0) is 29.3 Å². The fourth-order valence-corrected chi connectivity index (χ4v) is 2.11. The number of carbonyl (C=O) groups is 3. The van der Waals surface area contributed by atoms with E-state index in [1.807, 2.05) is 0 Å². The van der Waals surface area contributed by atoms with Crippen LogP contribution in [0.15, 0.2) is 42.5 Å². The Morgan fingerprint density at radius 3 is 2.33 bits per heavy atom. The van der Waals surface area contributed by atoms with Crippen molar-refractivity contribution in [2.24, 2.45) is 0 Å². The van der Waals surface area contributed by atoms with E-state index in [1.165, 1.54) is 41.9 Å². The quantitative estimate of drug-likeness (QED) is 0.467. The second-order valence-electron chi connectivity index (χ2n) is 4.69. The molecule has 0 radical (unpaired) electrons. The van der Waals surface area contributed by atoms with Crippen LogP contribution < -0.4 is 10.2 Å². The van der Waals surface area contributed by atoms with Crippen LogP contribution in [0, 0.1) is 0 Å². The van der Waals surface area contributed by atoms with Crippen molar-refractivity contribution in [3.05, 3.63) is 53.6 Å². The summed E-state index contributed by atoms with van der Waals surface area (Å²) in [4.78, 5) is 33.7. The first-order chi connectivity index (χ1) is 11.4. The lowest BCUT2D eigenvalue weighted by molar-refractivity contribution is -0.131. The third-order valence-electron chi connectivity index (χ3n) is 3.14. The summed E-state index contributed by atoms with van der Waals surface area (Å²) >= 11 is 0. The van der Waals surface area contributed by atoms with Crippen LogP contribution in [0.5, 0.6) is 5.75 Å². The topological polar surface area (TPSA) is 133 Å². The van der Waals surface area contributed by atoms with Gasteiger partial charge in [0.15, 0.2) is 6.61 Å². The fourth-order valence-electron chi connectivity index (χ4n) is 2.11. The molecule has 0 aliphatic rings. The largest absolute Gasteiger partial charge is 0.483 e. The Hall–Kier alpha value is -3.39. The first kappa shape index (κ1) is 17.0. The number of ether oxygens (including phenoxy) is 1. The molecule has 0 fully saturated rings. The second-order valence-corrected chi connectivity index (χ2v) is 4.69. The summed E-state index contributed by atoms with van der Waals surface area (Å²) < 4.78 is 5.12. The van der Waals surface area contributed by atoms with Crippen LogP contribution in [0.2, 0.25) is 0 Å². The van der Waals surface area contributed by atoms with Gasteiger partial charge in [-0.25, -0.2) is 15.1 Å². The third-order valence-corrected chi connectivity index (χ3v) is 3.14. The van der Waals surface area contributed by atoms with Crippen LogP contribution >= 0.6 is 0 Å². The Labute approximate surface area is 135 Å². The summed E-state index contributed by atoms with van der Waals surface area (Å²) in [5.74, 6) is -3.36. The molecular weight excluding hydrogens is 318 g/mol. The van der Waals surface area contributed by atoms with Crippen LogP contribution in [0.25, 0.3) is 11.1 Å². The summed E-state index contributed by atoms with van der Waals surface area (Å²) in [7, 11) is 0. The second kappa shape index (κ2) is 7.25. The maximum Gasteiger partial charge on any atom is 0.340 e. The van der Waals surface area contributed by atoms with Gasteiger partial charge in [-0.15, -0.1) is 0 Å². The average Bonchev–Trinajstić information content (AvgIpc) is 2.59. The van der Waals surface area contributed by atoms with Crippen LogP contribution in [0.4, 0.5) is 0 Å². The molecule has 0 unspecified atom stereocenters. The lowest BCUT2D eigenvalue weighted by Crippen LogP contribution is -2.25. The predicted octanol–water partition coefficient (Wildman–Crippen LogP) is 1.63. The van der Waals surface area contributed by atoms with E-state index in [1.54, 1.807) is 6.07 Å². The zero-order valence-corrected chi connectivity index (χ0v) is 12.2. The molecule has 0 aliphatic carbocycles. The maximum atomic E-state index is 11.6. The number of benzene rings is 2. The van der Waals surface area contributed by atoms with E-state index in [-0.39, 0.29) is 22.4 Å². The number of hydroxylamine groups is 1. The van der Waals surface area contributed by atoms with E-state index in [0.717, 1.165) is 0 Å². The highest BCUT2D eigenvalue weighted by molar-refractivity contribution is 6.00. The summed E-state index contributed by atoms with van der Waals surface area (Å²) in [5, 5.41) is 27.0. The zero-order chi connectivity index (χ0) is 17.7. The first-order valence-electron chi connectivity index (χ1n) is 6.69.